The fourth-order valence-electron chi connectivity index (χ4n) is 5.25. The van der Waals surface area contributed by atoms with Gasteiger partial charge in [0.1, 0.15) is 0 Å². The minimum Gasteiger partial charge on any atom is -0.366 e. The predicted octanol–water partition coefficient (Wildman–Crippen LogP) is 7.09. The van der Waals surface area contributed by atoms with Gasteiger partial charge in [0.2, 0.25) is 11.8 Å². The van der Waals surface area contributed by atoms with Gasteiger partial charge in [0, 0.05) is 26.2 Å². The van der Waals surface area contributed by atoms with Gasteiger partial charge in [-0.1, -0.05) is 105 Å². The number of hydrogen-bond donors (Lipinski definition) is 2. The van der Waals surface area contributed by atoms with E-state index < -0.39 is 11.8 Å². The van der Waals surface area contributed by atoms with Crippen molar-refractivity contribution in [1.82, 2.24) is 9.80 Å². The Balaban J connectivity index is 3.56. The molecule has 0 saturated heterocycles. The second-order valence-corrected chi connectivity index (χ2v) is 11.5. The molecular formula is C34H58N4O4. The third kappa shape index (κ3) is 13.0. The number of carbonyl (C=O) groups excluding carboxylic acids is 4. The Labute approximate surface area is 254 Å². The number of primary amides is 2. The van der Waals surface area contributed by atoms with Crippen LogP contribution in [-0.4, -0.2) is 59.6 Å². The van der Waals surface area contributed by atoms with Crippen molar-refractivity contribution in [2.24, 2.45) is 11.5 Å². The summed E-state index contributed by atoms with van der Waals surface area (Å²) in [5.41, 5.74) is 11.3. The van der Waals surface area contributed by atoms with Gasteiger partial charge in [-0.25, -0.2) is 0 Å². The largest absolute Gasteiger partial charge is 0.366 e. The SMILES string of the molecule is CCCCCCN(CCCCCC)C(=O)c1cc(C(N)=O)c(C(N)=O)cc1C(=O)N(CCCCCC)CCCCCC. The molecule has 238 valence electrons. The van der Waals surface area contributed by atoms with E-state index in [1.54, 1.807) is 9.80 Å². The van der Waals surface area contributed by atoms with E-state index in [-0.39, 0.29) is 34.1 Å². The quantitative estimate of drug-likeness (QED) is 0.125. The molecule has 8 nitrogen and oxygen atoms in total. The lowest BCUT2D eigenvalue weighted by atomic mass is 9.95. The molecule has 4 amide bonds. The molecule has 1 aromatic rings. The number of rotatable bonds is 24. The van der Waals surface area contributed by atoms with E-state index in [2.05, 4.69) is 27.7 Å². The second kappa shape index (κ2) is 21.8. The summed E-state index contributed by atoms with van der Waals surface area (Å²) in [6.07, 6.45) is 16.2. The van der Waals surface area contributed by atoms with Gasteiger partial charge in [0.05, 0.1) is 22.3 Å². The highest BCUT2D eigenvalue weighted by Gasteiger charge is 2.29. The normalized spacial score (nSPS) is 11.0. The van der Waals surface area contributed by atoms with Crippen LogP contribution in [0.1, 0.15) is 172 Å². The van der Waals surface area contributed by atoms with Gasteiger partial charge in [-0.15, -0.1) is 0 Å². The van der Waals surface area contributed by atoms with Gasteiger partial charge in [-0.3, -0.25) is 19.2 Å². The highest BCUT2D eigenvalue weighted by Crippen LogP contribution is 2.23. The molecule has 1 aromatic carbocycles. The molecule has 0 aliphatic carbocycles. The van der Waals surface area contributed by atoms with Crippen molar-refractivity contribution in [3.63, 3.8) is 0 Å². The lowest BCUT2D eigenvalue weighted by molar-refractivity contribution is 0.0709. The molecule has 1 rings (SSSR count). The molecule has 0 radical (unpaired) electrons. The molecule has 0 aliphatic heterocycles. The summed E-state index contributed by atoms with van der Waals surface area (Å²) in [7, 11) is 0. The fraction of sp³-hybridized carbons (Fsp3) is 0.706. The number of amides is 4. The van der Waals surface area contributed by atoms with Crippen LogP contribution in [0, 0.1) is 0 Å². The smallest absolute Gasteiger partial charge is 0.254 e. The van der Waals surface area contributed by atoms with E-state index >= 15 is 0 Å². The Hall–Kier alpha value is -2.90. The third-order valence-corrected chi connectivity index (χ3v) is 7.85. The molecule has 0 saturated carbocycles. The van der Waals surface area contributed by atoms with Crippen molar-refractivity contribution >= 4 is 23.6 Å². The number of nitrogens with two attached hydrogens (primary N) is 2. The van der Waals surface area contributed by atoms with Crippen LogP contribution in [0.25, 0.3) is 0 Å². The van der Waals surface area contributed by atoms with Gasteiger partial charge >= 0.3 is 0 Å². The fourth-order valence-corrected chi connectivity index (χ4v) is 5.25. The zero-order chi connectivity index (χ0) is 31.3. The standard InChI is InChI=1S/C34H58N4O4/c1-5-9-13-17-21-37(22-18-14-10-6-2)33(41)29-25-27(31(35)39)28(32(36)40)26-30(29)34(42)38(23-19-15-11-7-3)24-20-16-12-8-4/h25-26H,5-24H2,1-4H3,(H2,35,39)(H2,36,40). The Kier molecular flexibility index (Phi) is 19.2. The third-order valence-electron chi connectivity index (χ3n) is 7.85. The summed E-state index contributed by atoms with van der Waals surface area (Å²) in [6.45, 7) is 10.9. The number of nitrogens with zero attached hydrogens (tertiary/aromatic N) is 2. The molecular weight excluding hydrogens is 528 g/mol. The Morgan fingerprint density at radius 1 is 0.452 bits per heavy atom. The van der Waals surface area contributed by atoms with Crippen LogP contribution in [0.5, 0.6) is 0 Å². The van der Waals surface area contributed by atoms with Gasteiger partial charge in [-0.05, 0) is 37.8 Å². The summed E-state index contributed by atoms with van der Waals surface area (Å²) in [5.74, 6) is -2.32. The molecule has 0 aromatic heterocycles. The maximum Gasteiger partial charge on any atom is 0.254 e. The zero-order valence-electron chi connectivity index (χ0n) is 27.0. The molecule has 0 atom stereocenters. The summed E-state index contributed by atoms with van der Waals surface area (Å²) in [5, 5.41) is 0. The second-order valence-electron chi connectivity index (χ2n) is 11.5. The number of unbranched alkanes of at least 4 members (excludes halogenated alkanes) is 12. The number of hydrogen-bond acceptors (Lipinski definition) is 4. The minimum absolute atomic E-state index is 0.122. The van der Waals surface area contributed by atoms with E-state index in [1.165, 1.54) is 12.1 Å². The first-order valence-corrected chi connectivity index (χ1v) is 16.6. The van der Waals surface area contributed by atoms with Crippen LogP contribution < -0.4 is 11.5 Å². The molecule has 0 unspecified atom stereocenters. The van der Waals surface area contributed by atoms with Crippen LogP contribution >= 0.6 is 0 Å². The lowest BCUT2D eigenvalue weighted by Gasteiger charge is -2.27. The average molecular weight is 587 g/mol. The van der Waals surface area contributed by atoms with Gasteiger partial charge in [0.25, 0.3) is 11.8 Å². The van der Waals surface area contributed by atoms with Crippen molar-refractivity contribution in [2.75, 3.05) is 26.2 Å². The Bertz CT molecular complexity index is 878. The van der Waals surface area contributed by atoms with Crippen molar-refractivity contribution in [3.05, 3.63) is 34.4 Å². The first-order valence-electron chi connectivity index (χ1n) is 16.6. The van der Waals surface area contributed by atoms with E-state index in [0.29, 0.717) is 26.2 Å². The average Bonchev–Trinajstić information content (AvgIpc) is 2.98. The predicted molar refractivity (Wildman–Crippen MR) is 172 cm³/mol. The number of benzene rings is 1. The van der Waals surface area contributed by atoms with Crippen molar-refractivity contribution in [3.8, 4) is 0 Å². The molecule has 0 aliphatic rings. The van der Waals surface area contributed by atoms with Crippen LogP contribution in [0.3, 0.4) is 0 Å². The molecule has 0 fully saturated rings. The monoisotopic (exact) mass is 586 g/mol. The molecule has 0 spiro atoms. The van der Waals surface area contributed by atoms with E-state index in [9.17, 15) is 19.2 Å². The summed E-state index contributed by atoms with van der Waals surface area (Å²) < 4.78 is 0. The van der Waals surface area contributed by atoms with E-state index in [4.69, 9.17) is 11.5 Å². The Morgan fingerprint density at radius 2 is 0.714 bits per heavy atom. The number of carbonyl (C=O) groups is 4. The molecule has 8 heteroatoms. The van der Waals surface area contributed by atoms with Crippen molar-refractivity contribution < 1.29 is 19.2 Å². The van der Waals surface area contributed by atoms with Crippen LogP contribution in [-0.2, 0) is 0 Å². The van der Waals surface area contributed by atoms with Gasteiger partial charge in [0.15, 0.2) is 0 Å². The summed E-state index contributed by atoms with van der Waals surface area (Å²) in [4.78, 5) is 56.7. The maximum atomic E-state index is 14.2. The van der Waals surface area contributed by atoms with Crippen LogP contribution in [0.2, 0.25) is 0 Å². The highest BCUT2D eigenvalue weighted by atomic mass is 16.2. The Morgan fingerprint density at radius 3 is 0.929 bits per heavy atom. The lowest BCUT2D eigenvalue weighted by Crippen LogP contribution is -2.38. The maximum absolute atomic E-state index is 14.2. The molecule has 42 heavy (non-hydrogen) atoms. The van der Waals surface area contributed by atoms with Crippen LogP contribution in [0.15, 0.2) is 12.1 Å². The van der Waals surface area contributed by atoms with E-state index in [0.717, 1.165) is 103 Å². The molecule has 4 N–H and O–H groups in total. The van der Waals surface area contributed by atoms with Crippen LogP contribution in [0.4, 0.5) is 0 Å². The van der Waals surface area contributed by atoms with Gasteiger partial charge in [-0.2, -0.15) is 0 Å². The molecule has 0 bridgehead atoms. The minimum atomic E-state index is -0.856. The van der Waals surface area contributed by atoms with E-state index in [1.807, 2.05) is 0 Å². The van der Waals surface area contributed by atoms with Gasteiger partial charge < -0.3 is 21.3 Å². The first kappa shape index (κ1) is 37.1. The van der Waals surface area contributed by atoms with Crippen molar-refractivity contribution in [1.29, 1.82) is 0 Å². The highest BCUT2D eigenvalue weighted by molar-refractivity contribution is 6.13. The summed E-state index contributed by atoms with van der Waals surface area (Å²) >= 11 is 0. The topological polar surface area (TPSA) is 127 Å². The van der Waals surface area contributed by atoms with Crippen molar-refractivity contribution in [2.45, 2.75) is 130 Å². The zero-order valence-corrected chi connectivity index (χ0v) is 27.0. The first-order chi connectivity index (χ1) is 20.2. The molecule has 0 heterocycles. The summed E-state index contributed by atoms with van der Waals surface area (Å²) in [6, 6.07) is 2.66.